The fourth-order valence-corrected chi connectivity index (χ4v) is 4.34. The fraction of sp³-hybridized carbons (Fsp3) is 0.100. The number of methoxy groups -OCH3 is 1. The molecule has 41 heavy (non-hydrogen) atoms. The maximum absolute atomic E-state index is 15.0. The van der Waals surface area contributed by atoms with Crippen molar-refractivity contribution in [3.8, 4) is 0 Å². The van der Waals surface area contributed by atoms with Gasteiger partial charge in [-0.1, -0.05) is 42.5 Å². The van der Waals surface area contributed by atoms with Crippen LogP contribution in [0, 0.1) is 5.82 Å². The molecular weight excluding hydrogens is 527 g/mol. The van der Waals surface area contributed by atoms with E-state index in [2.05, 4.69) is 30.3 Å². The van der Waals surface area contributed by atoms with Gasteiger partial charge < -0.3 is 25.3 Å². The molecule has 0 unspecified atom stereocenters. The standard InChI is InChI=1S/C30H25FN6O4/c1-41-26(38)14-13-19-7-6-8-20(15-19)34-30(40)36-28-29(39)37(17-21-16-32-18-33-21)25-12-5-3-10-23(25)27(35-28)22-9-2-4-11-24(22)31/h2-16,18,28H,17H2,1H3,(H,32,33)(H2,34,36,40)/b14-13+/t28-/m0/s1. The number of benzodiazepines with no additional fused rings is 1. The monoisotopic (exact) mass is 552 g/mol. The molecule has 0 radical (unpaired) electrons. The number of imidazole rings is 1. The average molecular weight is 553 g/mol. The van der Waals surface area contributed by atoms with E-state index in [1.807, 2.05) is 0 Å². The molecule has 0 fully saturated rings. The molecule has 0 spiro atoms. The van der Waals surface area contributed by atoms with Crippen LogP contribution in [0.25, 0.3) is 6.08 Å². The summed E-state index contributed by atoms with van der Waals surface area (Å²) in [6.07, 6.45) is 4.51. The topological polar surface area (TPSA) is 129 Å². The number of anilines is 2. The highest BCUT2D eigenvalue weighted by Gasteiger charge is 2.34. The summed E-state index contributed by atoms with van der Waals surface area (Å²) in [5, 5.41) is 5.32. The van der Waals surface area contributed by atoms with E-state index in [1.54, 1.807) is 79.0 Å². The van der Waals surface area contributed by atoms with E-state index in [4.69, 9.17) is 0 Å². The molecule has 3 amide bonds. The second kappa shape index (κ2) is 12.1. The van der Waals surface area contributed by atoms with Gasteiger partial charge in [0.15, 0.2) is 0 Å². The number of aliphatic imine (C=N–C) groups is 1. The van der Waals surface area contributed by atoms with E-state index < -0.39 is 29.9 Å². The fourth-order valence-electron chi connectivity index (χ4n) is 4.34. The summed E-state index contributed by atoms with van der Waals surface area (Å²) < 4.78 is 19.6. The van der Waals surface area contributed by atoms with Crippen LogP contribution in [-0.2, 0) is 20.9 Å². The number of amides is 3. The third-order valence-corrected chi connectivity index (χ3v) is 6.25. The Labute approximate surface area is 234 Å². The van der Waals surface area contributed by atoms with Crippen LogP contribution in [0.1, 0.15) is 22.4 Å². The predicted octanol–water partition coefficient (Wildman–Crippen LogP) is 4.27. The van der Waals surface area contributed by atoms with Crippen LogP contribution in [0.5, 0.6) is 0 Å². The Balaban J connectivity index is 1.48. The van der Waals surface area contributed by atoms with Crippen LogP contribution < -0.4 is 15.5 Å². The van der Waals surface area contributed by atoms with Crippen molar-refractivity contribution >= 4 is 41.1 Å². The number of H-pyrrole nitrogens is 1. The molecule has 1 atom stereocenters. The molecule has 4 aromatic rings. The van der Waals surface area contributed by atoms with Crippen LogP contribution in [0.3, 0.4) is 0 Å². The number of hydrogen-bond acceptors (Lipinski definition) is 6. The third-order valence-electron chi connectivity index (χ3n) is 6.25. The summed E-state index contributed by atoms with van der Waals surface area (Å²) in [5.41, 5.74) is 3.14. The number of carbonyl (C=O) groups is 3. The second-order valence-electron chi connectivity index (χ2n) is 8.96. The average Bonchev–Trinajstić information content (AvgIpc) is 3.47. The number of esters is 1. The quantitative estimate of drug-likeness (QED) is 0.233. The number of carbonyl (C=O) groups excluding carboxylic acids is 3. The van der Waals surface area contributed by atoms with E-state index in [0.717, 1.165) is 0 Å². The van der Waals surface area contributed by atoms with E-state index in [-0.39, 0.29) is 17.8 Å². The minimum Gasteiger partial charge on any atom is -0.466 e. The van der Waals surface area contributed by atoms with Gasteiger partial charge in [-0.2, -0.15) is 0 Å². The number of nitrogens with one attached hydrogen (secondary N) is 3. The smallest absolute Gasteiger partial charge is 0.330 e. The molecule has 3 N–H and O–H groups in total. The summed E-state index contributed by atoms with van der Waals surface area (Å²) in [4.78, 5) is 51.5. The van der Waals surface area contributed by atoms with Crippen molar-refractivity contribution in [2.75, 3.05) is 17.3 Å². The maximum atomic E-state index is 15.0. The number of fused-ring (bicyclic) bond motifs is 1. The minimum absolute atomic E-state index is 0.115. The van der Waals surface area contributed by atoms with Crippen molar-refractivity contribution < 1.29 is 23.5 Å². The van der Waals surface area contributed by atoms with Crippen LogP contribution in [-0.4, -0.2) is 46.9 Å². The Kier molecular flexibility index (Phi) is 7.95. The normalized spacial score (nSPS) is 14.7. The Morgan fingerprint density at radius 3 is 2.61 bits per heavy atom. The predicted molar refractivity (Wildman–Crippen MR) is 152 cm³/mol. The Morgan fingerprint density at radius 2 is 1.85 bits per heavy atom. The zero-order valence-corrected chi connectivity index (χ0v) is 21.9. The Bertz CT molecular complexity index is 1650. The summed E-state index contributed by atoms with van der Waals surface area (Å²) in [5.74, 6) is -1.56. The highest BCUT2D eigenvalue weighted by molar-refractivity contribution is 6.20. The first-order chi connectivity index (χ1) is 19.9. The molecule has 206 valence electrons. The molecule has 3 aromatic carbocycles. The van der Waals surface area contributed by atoms with Crippen molar-refractivity contribution in [1.82, 2.24) is 15.3 Å². The maximum Gasteiger partial charge on any atom is 0.330 e. The SMILES string of the molecule is COC(=O)/C=C/c1cccc(NC(=O)N[C@@H]2N=C(c3ccccc3F)c3ccccc3N(Cc3cnc[nH]3)C2=O)c1. The van der Waals surface area contributed by atoms with Crippen LogP contribution >= 0.6 is 0 Å². The van der Waals surface area contributed by atoms with Gasteiger partial charge >= 0.3 is 12.0 Å². The lowest BCUT2D eigenvalue weighted by atomic mass is 9.99. The van der Waals surface area contributed by atoms with Crippen molar-refractivity contribution in [1.29, 1.82) is 0 Å². The summed E-state index contributed by atoms with van der Waals surface area (Å²) >= 11 is 0. The van der Waals surface area contributed by atoms with Crippen LogP contribution in [0.4, 0.5) is 20.6 Å². The number of aromatic amines is 1. The lowest BCUT2D eigenvalue weighted by Gasteiger charge is -2.25. The van der Waals surface area contributed by atoms with Gasteiger partial charge in [-0.25, -0.2) is 24.0 Å². The van der Waals surface area contributed by atoms with Gasteiger partial charge in [-0.3, -0.25) is 4.79 Å². The van der Waals surface area contributed by atoms with Crippen molar-refractivity contribution in [2.24, 2.45) is 4.99 Å². The molecule has 5 rings (SSSR count). The molecule has 1 aliphatic heterocycles. The zero-order valence-electron chi connectivity index (χ0n) is 21.9. The number of hydrogen-bond donors (Lipinski definition) is 3. The van der Waals surface area contributed by atoms with Gasteiger partial charge in [0.25, 0.3) is 5.91 Å². The Hall–Kier alpha value is -5.58. The third kappa shape index (κ3) is 6.19. The van der Waals surface area contributed by atoms with E-state index >= 15 is 4.39 Å². The Morgan fingerprint density at radius 1 is 1.07 bits per heavy atom. The van der Waals surface area contributed by atoms with Crippen LogP contribution in [0.2, 0.25) is 0 Å². The van der Waals surface area contributed by atoms with Gasteiger partial charge in [0.1, 0.15) is 5.82 Å². The van der Waals surface area contributed by atoms with E-state index in [1.165, 1.54) is 30.5 Å². The van der Waals surface area contributed by atoms with Gasteiger partial charge in [-0.05, 0) is 42.0 Å². The lowest BCUT2D eigenvalue weighted by Crippen LogP contribution is -2.48. The van der Waals surface area contributed by atoms with E-state index in [9.17, 15) is 14.4 Å². The number of ether oxygens (including phenoxy) is 1. The lowest BCUT2D eigenvalue weighted by molar-refractivity contribution is -0.134. The van der Waals surface area contributed by atoms with Gasteiger partial charge in [-0.15, -0.1) is 0 Å². The molecule has 1 aliphatic rings. The molecule has 1 aromatic heterocycles. The molecular formula is C30H25FN6O4. The number of nitrogens with zero attached hydrogens (tertiary/aromatic N) is 3. The van der Waals surface area contributed by atoms with Gasteiger partial charge in [0.2, 0.25) is 6.17 Å². The first kappa shape index (κ1) is 27.0. The molecule has 0 saturated heterocycles. The van der Waals surface area contributed by atoms with Gasteiger partial charge in [0, 0.05) is 29.1 Å². The second-order valence-corrected chi connectivity index (χ2v) is 8.96. The van der Waals surface area contributed by atoms with Crippen LogP contribution in [0.15, 0.2) is 96.4 Å². The molecule has 0 aliphatic carbocycles. The number of aromatic nitrogens is 2. The van der Waals surface area contributed by atoms with Crippen molar-refractivity contribution in [3.05, 3.63) is 120 Å². The zero-order chi connectivity index (χ0) is 28.8. The largest absolute Gasteiger partial charge is 0.466 e. The van der Waals surface area contributed by atoms with E-state index in [0.29, 0.717) is 28.2 Å². The first-order valence-corrected chi connectivity index (χ1v) is 12.6. The summed E-state index contributed by atoms with van der Waals surface area (Å²) in [6, 6.07) is 19.2. The molecule has 10 nitrogen and oxygen atoms in total. The number of rotatable bonds is 7. The number of benzene rings is 3. The molecule has 0 bridgehead atoms. The van der Waals surface area contributed by atoms with Gasteiger partial charge in [0.05, 0.1) is 37.1 Å². The molecule has 0 saturated carbocycles. The first-order valence-electron chi connectivity index (χ1n) is 12.6. The number of halogens is 1. The highest BCUT2D eigenvalue weighted by Crippen LogP contribution is 2.30. The number of urea groups is 1. The summed E-state index contributed by atoms with van der Waals surface area (Å²) in [7, 11) is 1.28. The molecule has 2 heterocycles. The number of para-hydroxylation sites is 1. The van der Waals surface area contributed by atoms with Crippen molar-refractivity contribution in [3.63, 3.8) is 0 Å². The minimum atomic E-state index is -1.39. The van der Waals surface area contributed by atoms with Crippen molar-refractivity contribution in [2.45, 2.75) is 12.7 Å². The highest BCUT2D eigenvalue weighted by atomic mass is 19.1. The summed E-state index contributed by atoms with van der Waals surface area (Å²) in [6.45, 7) is 0.115. The molecule has 11 heteroatoms.